The van der Waals surface area contributed by atoms with E-state index in [4.69, 9.17) is 4.74 Å². The Balaban J connectivity index is 0.00000625. The minimum absolute atomic E-state index is 0. The summed E-state index contributed by atoms with van der Waals surface area (Å²) in [6.45, 7) is 9.93. The topological polar surface area (TPSA) is 88.8 Å². The lowest BCUT2D eigenvalue weighted by atomic mass is 10.1. The third-order valence-corrected chi connectivity index (χ3v) is 3.54. The van der Waals surface area contributed by atoms with Crippen LogP contribution in [0.5, 0.6) is 0 Å². The number of benzene rings is 1. The molecule has 0 saturated carbocycles. The molecule has 0 unspecified atom stereocenters. The lowest BCUT2D eigenvalue weighted by molar-refractivity contribution is -0.384. The Bertz CT molecular complexity index is 536. The highest BCUT2D eigenvalue weighted by molar-refractivity contribution is 14.0. The van der Waals surface area contributed by atoms with Crippen molar-refractivity contribution in [2.24, 2.45) is 10.9 Å². The summed E-state index contributed by atoms with van der Waals surface area (Å²) in [5.41, 5.74) is 1.03. The van der Waals surface area contributed by atoms with Crippen molar-refractivity contribution in [3.05, 3.63) is 39.9 Å². The number of rotatable bonds is 11. The molecule has 8 heteroatoms. The highest BCUT2D eigenvalue weighted by atomic mass is 127. The van der Waals surface area contributed by atoms with Gasteiger partial charge in [0.25, 0.3) is 5.69 Å². The Morgan fingerprint density at radius 2 is 1.88 bits per heavy atom. The number of non-ortho nitro benzene ring substituents is 1. The predicted molar refractivity (Wildman–Crippen MR) is 116 cm³/mol. The van der Waals surface area contributed by atoms with Gasteiger partial charge in [0.1, 0.15) is 0 Å². The summed E-state index contributed by atoms with van der Waals surface area (Å²) in [5.74, 6) is 1.39. The van der Waals surface area contributed by atoms with Crippen molar-refractivity contribution in [1.29, 1.82) is 0 Å². The van der Waals surface area contributed by atoms with Gasteiger partial charge in [-0.25, -0.2) is 4.99 Å². The van der Waals surface area contributed by atoms with Crippen molar-refractivity contribution in [2.75, 3.05) is 26.3 Å². The van der Waals surface area contributed by atoms with Gasteiger partial charge in [-0.3, -0.25) is 10.1 Å². The van der Waals surface area contributed by atoms with Crippen LogP contribution in [0.1, 0.15) is 39.2 Å². The average molecular weight is 478 g/mol. The Hall–Kier alpha value is -1.42. The Kier molecular flexibility index (Phi) is 13.9. The van der Waals surface area contributed by atoms with Crippen LogP contribution < -0.4 is 10.6 Å². The molecule has 1 aromatic rings. The van der Waals surface area contributed by atoms with Crippen LogP contribution in [0, 0.1) is 16.0 Å². The van der Waals surface area contributed by atoms with Crippen LogP contribution in [0.4, 0.5) is 5.69 Å². The number of nitro benzene ring substituents is 1. The van der Waals surface area contributed by atoms with Crippen LogP contribution in [0.15, 0.2) is 29.3 Å². The maximum Gasteiger partial charge on any atom is 0.269 e. The van der Waals surface area contributed by atoms with E-state index < -0.39 is 4.92 Å². The molecule has 7 nitrogen and oxygen atoms in total. The quantitative estimate of drug-likeness (QED) is 0.126. The van der Waals surface area contributed by atoms with E-state index >= 15 is 0 Å². The lowest BCUT2D eigenvalue weighted by Gasteiger charge is -2.13. The van der Waals surface area contributed by atoms with E-state index in [1.54, 1.807) is 12.1 Å². The molecule has 0 heterocycles. The number of nitrogens with one attached hydrogen (secondary N) is 2. The highest BCUT2D eigenvalue weighted by Crippen LogP contribution is 2.12. The van der Waals surface area contributed by atoms with Gasteiger partial charge in [-0.2, -0.15) is 0 Å². The van der Waals surface area contributed by atoms with Gasteiger partial charge in [-0.05, 0) is 31.2 Å². The maximum atomic E-state index is 10.7. The molecule has 26 heavy (non-hydrogen) atoms. The highest BCUT2D eigenvalue weighted by Gasteiger charge is 2.04. The van der Waals surface area contributed by atoms with E-state index in [0.717, 1.165) is 50.7 Å². The van der Waals surface area contributed by atoms with E-state index in [-0.39, 0.29) is 29.7 Å². The number of aliphatic imine (C=N–C) groups is 1. The van der Waals surface area contributed by atoms with Crippen molar-refractivity contribution in [3.8, 4) is 0 Å². The zero-order chi connectivity index (χ0) is 18.5. The first-order chi connectivity index (χ1) is 12.0. The summed E-state index contributed by atoms with van der Waals surface area (Å²) >= 11 is 0. The van der Waals surface area contributed by atoms with Gasteiger partial charge in [0, 0.05) is 38.4 Å². The lowest BCUT2D eigenvalue weighted by Crippen LogP contribution is -2.39. The summed E-state index contributed by atoms with van der Waals surface area (Å²) in [5, 5.41) is 17.3. The fourth-order valence-corrected chi connectivity index (χ4v) is 2.07. The van der Waals surface area contributed by atoms with Crippen molar-refractivity contribution in [2.45, 2.75) is 40.2 Å². The molecule has 148 valence electrons. The second-order valence-electron chi connectivity index (χ2n) is 6.17. The first kappa shape index (κ1) is 24.6. The first-order valence-corrected chi connectivity index (χ1v) is 8.86. The van der Waals surface area contributed by atoms with Crippen LogP contribution in [0.25, 0.3) is 0 Å². The Labute approximate surface area is 173 Å². The molecule has 0 aliphatic heterocycles. The molecule has 0 atom stereocenters. The fraction of sp³-hybridized carbons (Fsp3) is 0.611. The molecule has 0 radical (unpaired) electrons. The van der Waals surface area contributed by atoms with Crippen LogP contribution >= 0.6 is 24.0 Å². The van der Waals surface area contributed by atoms with Gasteiger partial charge < -0.3 is 15.4 Å². The largest absolute Gasteiger partial charge is 0.382 e. The fourth-order valence-electron chi connectivity index (χ4n) is 2.07. The monoisotopic (exact) mass is 478 g/mol. The molecule has 0 amide bonds. The van der Waals surface area contributed by atoms with Crippen LogP contribution in [-0.4, -0.2) is 37.2 Å². The van der Waals surface area contributed by atoms with Gasteiger partial charge in [0.2, 0.25) is 0 Å². The predicted octanol–water partition coefficient (Wildman–Crippen LogP) is 3.72. The van der Waals surface area contributed by atoms with E-state index in [1.165, 1.54) is 12.1 Å². The van der Waals surface area contributed by atoms with Crippen molar-refractivity contribution >= 4 is 35.6 Å². The molecular formula is C18H31IN4O3. The molecule has 0 fully saturated rings. The molecule has 0 aliphatic rings. The number of ether oxygens (including phenoxy) is 1. The third kappa shape index (κ3) is 11.2. The second kappa shape index (κ2) is 14.7. The number of guanidine groups is 1. The maximum absolute atomic E-state index is 10.7. The number of hydrogen-bond donors (Lipinski definition) is 2. The molecule has 1 rings (SSSR count). The number of nitrogens with zero attached hydrogens (tertiary/aromatic N) is 2. The molecule has 0 aliphatic carbocycles. The summed E-state index contributed by atoms with van der Waals surface area (Å²) in [7, 11) is 0. The van der Waals surface area contributed by atoms with E-state index in [2.05, 4.69) is 29.5 Å². The van der Waals surface area contributed by atoms with Crippen LogP contribution in [-0.2, 0) is 11.3 Å². The number of halogens is 1. The summed E-state index contributed by atoms with van der Waals surface area (Å²) in [6.07, 6.45) is 1.98. The summed E-state index contributed by atoms with van der Waals surface area (Å²) < 4.78 is 5.33. The molecule has 0 spiro atoms. The zero-order valence-corrected chi connectivity index (χ0v) is 18.2. The smallest absolute Gasteiger partial charge is 0.269 e. The van der Waals surface area contributed by atoms with E-state index in [0.29, 0.717) is 12.5 Å². The zero-order valence-electron chi connectivity index (χ0n) is 15.9. The number of hydrogen-bond acceptors (Lipinski definition) is 4. The third-order valence-electron chi connectivity index (χ3n) is 3.54. The van der Waals surface area contributed by atoms with Crippen LogP contribution in [0.3, 0.4) is 0 Å². The molecule has 0 saturated heterocycles. The normalized spacial score (nSPS) is 11.2. The molecule has 2 N–H and O–H groups in total. The SMILES string of the molecule is CCOCCCNC(=NCc1ccc([N+](=O)[O-])cc1)NCCC(C)C.I. The van der Waals surface area contributed by atoms with Crippen LogP contribution in [0.2, 0.25) is 0 Å². The number of nitro groups is 1. The summed E-state index contributed by atoms with van der Waals surface area (Å²) in [4.78, 5) is 14.9. The van der Waals surface area contributed by atoms with Crippen molar-refractivity contribution in [3.63, 3.8) is 0 Å². The first-order valence-electron chi connectivity index (χ1n) is 8.86. The average Bonchev–Trinajstić information content (AvgIpc) is 2.59. The minimum atomic E-state index is -0.397. The Morgan fingerprint density at radius 1 is 1.23 bits per heavy atom. The van der Waals surface area contributed by atoms with Gasteiger partial charge in [-0.15, -0.1) is 24.0 Å². The molecule has 0 bridgehead atoms. The van der Waals surface area contributed by atoms with Gasteiger partial charge in [-0.1, -0.05) is 26.0 Å². The van der Waals surface area contributed by atoms with Gasteiger partial charge in [0.05, 0.1) is 11.5 Å². The van der Waals surface area contributed by atoms with Crippen molar-refractivity contribution in [1.82, 2.24) is 10.6 Å². The van der Waals surface area contributed by atoms with Gasteiger partial charge in [0.15, 0.2) is 5.96 Å². The second-order valence-corrected chi connectivity index (χ2v) is 6.17. The summed E-state index contributed by atoms with van der Waals surface area (Å²) in [6, 6.07) is 6.49. The standard InChI is InChI=1S/C18H30N4O3.HI/c1-4-25-13-5-11-19-18(20-12-10-15(2)3)21-14-16-6-8-17(9-7-16)22(23)24;/h6-9,15H,4-5,10-14H2,1-3H3,(H2,19,20,21);1H. The Morgan fingerprint density at radius 3 is 2.46 bits per heavy atom. The van der Waals surface area contributed by atoms with E-state index in [9.17, 15) is 10.1 Å². The van der Waals surface area contributed by atoms with E-state index in [1.807, 2.05) is 6.92 Å². The van der Waals surface area contributed by atoms with Crippen molar-refractivity contribution < 1.29 is 9.66 Å². The molecule has 0 aromatic heterocycles. The molecular weight excluding hydrogens is 447 g/mol. The minimum Gasteiger partial charge on any atom is -0.382 e. The molecule has 1 aromatic carbocycles. The van der Waals surface area contributed by atoms with Gasteiger partial charge >= 0.3 is 0 Å².